The summed E-state index contributed by atoms with van der Waals surface area (Å²) < 4.78 is 26.9. The maximum atomic E-state index is 15.1. The molecule has 188 valence electrons. The van der Waals surface area contributed by atoms with Gasteiger partial charge in [-0.2, -0.15) is 0 Å². The third kappa shape index (κ3) is 4.42. The number of benzene rings is 3. The number of anilines is 1. The van der Waals surface area contributed by atoms with Crippen molar-refractivity contribution in [2.75, 3.05) is 18.1 Å². The first kappa shape index (κ1) is 24.5. The summed E-state index contributed by atoms with van der Waals surface area (Å²) >= 11 is 1.18. The molecule has 1 N–H and O–H groups in total. The van der Waals surface area contributed by atoms with Gasteiger partial charge < -0.3 is 14.6 Å². The monoisotopic (exact) mass is 518 g/mol. The topological polar surface area (TPSA) is 89.0 Å². The summed E-state index contributed by atoms with van der Waals surface area (Å²) in [6.07, 6.45) is 0. The summed E-state index contributed by atoms with van der Waals surface area (Å²) in [6, 6.07) is 16.5. The first-order valence-electron chi connectivity index (χ1n) is 11.7. The van der Waals surface area contributed by atoms with Crippen LogP contribution in [0.25, 0.3) is 16.0 Å². The number of ketones is 1. The van der Waals surface area contributed by atoms with Gasteiger partial charge in [-0.25, -0.2) is 9.37 Å². The molecule has 3 aromatic carbocycles. The molecule has 1 atom stereocenters. The van der Waals surface area contributed by atoms with Gasteiger partial charge in [-0.05, 0) is 50.2 Å². The summed E-state index contributed by atoms with van der Waals surface area (Å²) in [7, 11) is 0. The second-order valence-corrected chi connectivity index (χ2v) is 9.22. The Morgan fingerprint density at radius 1 is 1.00 bits per heavy atom. The Morgan fingerprint density at radius 2 is 1.73 bits per heavy atom. The number of fused-ring (bicyclic) bond motifs is 1. The molecule has 1 aliphatic rings. The van der Waals surface area contributed by atoms with Crippen LogP contribution in [0.5, 0.6) is 11.5 Å². The van der Waals surface area contributed by atoms with Crippen molar-refractivity contribution < 1.29 is 28.6 Å². The van der Waals surface area contributed by atoms with Crippen LogP contribution in [0, 0.1) is 5.82 Å². The van der Waals surface area contributed by atoms with E-state index in [1.54, 1.807) is 48.5 Å². The molecule has 9 heteroatoms. The molecule has 0 radical (unpaired) electrons. The van der Waals surface area contributed by atoms with Crippen LogP contribution >= 0.6 is 11.3 Å². The normalized spacial score (nSPS) is 16.9. The van der Waals surface area contributed by atoms with E-state index in [-0.39, 0.29) is 21.8 Å². The molecule has 37 heavy (non-hydrogen) atoms. The summed E-state index contributed by atoms with van der Waals surface area (Å²) in [4.78, 5) is 32.5. The van der Waals surface area contributed by atoms with E-state index in [4.69, 9.17) is 9.47 Å². The average Bonchev–Trinajstić information content (AvgIpc) is 3.42. The van der Waals surface area contributed by atoms with Gasteiger partial charge in [-0.15, -0.1) is 0 Å². The zero-order valence-electron chi connectivity index (χ0n) is 20.1. The average molecular weight is 519 g/mol. The maximum Gasteiger partial charge on any atom is 0.301 e. The van der Waals surface area contributed by atoms with Crippen LogP contribution in [0.2, 0.25) is 0 Å². The van der Waals surface area contributed by atoms with E-state index in [1.165, 1.54) is 29.5 Å². The maximum absolute atomic E-state index is 15.1. The number of hydrogen-bond donors (Lipinski definition) is 1. The number of amides is 1. The van der Waals surface area contributed by atoms with E-state index >= 15 is 4.39 Å². The molecule has 2 heterocycles. The number of carbonyl (C=O) groups excluding carboxylic acids is 2. The van der Waals surface area contributed by atoms with Gasteiger partial charge in [0, 0.05) is 11.1 Å². The van der Waals surface area contributed by atoms with Crippen molar-refractivity contribution in [3.63, 3.8) is 0 Å². The standard InChI is InChI=1S/C28H23FN2O5S/c1-3-35-17-9-7-8-16(14-17)25(32)23-24(19-10-5-6-11-20(19)29)31(27(34)26(23)33)28-30-21-13-12-18(36-4-2)15-22(21)37-28/h5-15,24,32H,3-4H2,1-2H3. The molecule has 1 fully saturated rings. The molecule has 0 aliphatic carbocycles. The first-order chi connectivity index (χ1) is 17.9. The second-order valence-electron chi connectivity index (χ2n) is 8.21. The fourth-order valence-electron chi connectivity index (χ4n) is 4.33. The van der Waals surface area contributed by atoms with Crippen molar-refractivity contribution in [1.29, 1.82) is 0 Å². The van der Waals surface area contributed by atoms with Crippen LogP contribution in [0.1, 0.15) is 31.0 Å². The molecule has 1 aromatic heterocycles. The molecule has 4 aromatic rings. The molecule has 7 nitrogen and oxygen atoms in total. The third-order valence-corrected chi connectivity index (χ3v) is 6.95. The van der Waals surface area contributed by atoms with Crippen LogP contribution < -0.4 is 14.4 Å². The Balaban J connectivity index is 1.69. The van der Waals surface area contributed by atoms with Gasteiger partial charge in [0.2, 0.25) is 0 Å². The number of thiazole rings is 1. The van der Waals surface area contributed by atoms with Gasteiger partial charge in [-0.3, -0.25) is 14.5 Å². The molecule has 5 rings (SSSR count). The molecule has 1 saturated heterocycles. The first-order valence-corrected chi connectivity index (χ1v) is 12.6. The van der Waals surface area contributed by atoms with E-state index in [0.29, 0.717) is 30.2 Å². The zero-order chi connectivity index (χ0) is 26.1. The van der Waals surface area contributed by atoms with Gasteiger partial charge in [0.15, 0.2) is 5.13 Å². The Bertz CT molecular complexity index is 1550. The summed E-state index contributed by atoms with van der Waals surface area (Å²) in [6.45, 7) is 4.60. The number of carbonyl (C=O) groups is 2. The van der Waals surface area contributed by atoms with Crippen LogP contribution in [-0.4, -0.2) is 35.0 Å². The Kier molecular flexibility index (Phi) is 6.62. The van der Waals surface area contributed by atoms with Crippen molar-refractivity contribution in [3.8, 4) is 11.5 Å². The van der Waals surface area contributed by atoms with Crippen LogP contribution in [-0.2, 0) is 9.59 Å². The zero-order valence-corrected chi connectivity index (χ0v) is 20.9. The SMILES string of the molecule is CCOc1cccc(C(O)=C2C(=O)C(=O)N(c3nc4ccc(OCC)cc4s3)C2c2ccccc2F)c1. The molecule has 1 amide bonds. The number of aliphatic hydroxyl groups excluding tert-OH is 1. The number of hydrogen-bond acceptors (Lipinski definition) is 7. The summed E-state index contributed by atoms with van der Waals surface area (Å²) in [5.74, 6) is -1.74. The molecular formula is C28H23FN2O5S. The van der Waals surface area contributed by atoms with Gasteiger partial charge in [0.1, 0.15) is 29.1 Å². The smallest absolute Gasteiger partial charge is 0.301 e. The summed E-state index contributed by atoms with van der Waals surface area (Å²) in [5, 5.41) is 11.5. The lowest BCUT2D eigenvalue weighted by Crippen LogP contribution is -2.29. The predicted octanol–water partition coefficient (Wildman–Crippen LogP) is 5.86. The van der Waals surface area contributed by atoms with Crippen LogP contribution in [0.3, 0.4) is 0 Å². The largest absolute Gasteiger partial charge is 0.507 e. The fourth-order valence-corrected chi connectivity index (χ4v) is 5.35. The molecule has 0 saturated carbocycles. The lowest BCUT2D eigenvalue weighted by Gasteiger charge is -2.23. The number of halogens is 1. The minimum Gasteiger partial charge on any atom is -0.507 e. The van der Waals surface area contributed by atoms with E-state index < -0.39 is 29.3 Å². The van der Waals surface area contributed by atoms with Gasteiger partial charge in [0.05, 0.1) is 29.0 Å². The third-order valence-electron chi connectivity index (χ3n) is 5.93. The highest BCUT2D eigenvalue weighted by Crippen LogP contribution is 2.45. The van der Waals surface area contributed by atoms with Crippen molar-refractivity contribution in [3.05, 3.63) is 89.2 Å². The van der Waals surface area contributed by atoms with Gasteiger partial charge in [-0.1, -0.05) is 41.7 Å². The van der Waals surface area contributed by atoms with Crippen molar-refractivity contribution >= 4 is 44.1 Å². The lowest BCUT2D eigenvalue weighted by molar-refractivity contribution is -0.132. The Labute approximate surface area is 216 Å². The van der Waals surface area contributed by atoms with E-state index in [0.717, 1.165) is 9.60 Å². The summed E-state index contributed by atoms with van der Waals surface area (Å²) in [5.41, 5.74) is 0.717. The lowest BCUT2D eigenvalue weighted by atomic mass is 9.95. The van der Waals surface area contributed by atoms with E-state index in [2.05, 4.69) is 4.98 Å². The number of ether oxygens (including phenoxy) is 2. The number of aromatic nitrogens is 1. The van der Waals surface area contributed by atoms with Crippen LogP contribution in [0.15, 0.2) is 72.3 Å². The van der Waals surface area contributed by atoms with Crippen molar-refractivity contribution in [1.82, 2.24) is 4.98 Å². The number of aliphatic hydroxyl groups is 1. The second kappa shape index (κ2) is 10.0. The highest BCUT2D eigenvalue weighted by molar-refractivity contribution is 7.22. The molecule has 1 aliphatic heterocycles. The fraction of sp³-hybridized carbons (Fsp3) is 0.179. The van der Waals surface area contributed by atoms with Gasteiger partial charge in [0.25, 0.3) is 5.78 Å². The Morgan fingerprint density at radius 3 is 2.46 bits per heavy atom. The quantitative estimate of drug-likeness (QED) is 0.187. The van der Waals surface area contributed by atoms with Gasteiger partial charge >= 0.3 is 5.91 Å². The Hall–Kier alpha value is -4.24. The molecular weight excluding hydrogens is 495 g/mol. The van der Waals surface area contributed by atoms with Crippen LogP contribution in [0.4, 0.5) is 9.52 Å². The molecule has 0 spiro atoms. The molecule has 0 bridgehead atoms. The predicted molar refractivity (Wildman–Crippen MR) is 140 cm³/mol. The number of Topliss-reactive ketones (excluding diaryl/α,β-unsaturated/α-hetero) is 1. The highest BCUT2D eigenvalue weighted by Gasteiger charge is 2.49. The number of rotatable bonds is 7. The highest BCUT2D eigenvalue weighted by atomic mass is 32.1. The minimum atomic E-state index is -1.22. The van der Waals surface area contributed by atoms with E-state index in [1.807, 2.05) is 13.8 Å². The van der Waals surface area contributed by atoms with Crippen molar-refractivity contribution in [2.45, 2.75) is 19.9 Å². The van der Waals surface area contributed by atoms with Crippen molar-refractivity contribution in [2.24, 2.45) is 0 Å². The molecule has 1 unspecified atom stereocenters. The number of nitrogens with zero attached hydrogens (tertiary/aromatic N) is 2. The van der Waals surface area contributed by atoms with E-state index in [9.17, 15) is 14.7 Å². The minimum absolute atomic E-state index is 0.0680.